The van der Waals surface area contributed by atoms with E-state index in [0.29, 0.717) is 36.8 Å². The molecule has 0 radical (unpaired) electrons. The molecule has 1 aliphatic rings. The number of morpholine rings is 1. The van der Waals surface area contributed by atoms with Crippen molar-refractivity contribution in [2.24, 2.45) is 0 Å². The molecule has 7 heteroatoms. The van der Waals surface area contributed by atoms with Crippen LogP contribution in [0.3, 0.4) is 0 Å². The Labute approximate surface area is 145 Å². The van der Waals surface area contributed by atoms with Gasteiger partial charge in [0.2, 0.25) is 0 Å². The lowest BCUT2D eigenvalue weighted by atomic mass is 10.1. The normalized spacial score (nSPS) is 17.4. The number of nitrogens with zero attached hydrogens (tertiary/aromatic N) is 2. The van der Waals surface area contributed by atoms with Gasteiger partial charge in [0.15, 0.2) is 6.61 Å². The number of ether oxygens (including phenoxy) is 2. The molecule has 1 saturated heterocycles. The molecular weight excluding hydrogens is 325 g/mol. The summed E-state index contributed by atoms with van der Waals surface area (Å²) in [5.74, 6) is -0.260. The van der Waals surface area contributed by atoms with Gasteiger partial charge in [-0.25, -0.2) is 4.39 Å². The maximum Gasteiger partial charge on any atom is 0.260 e. The number of amides is 1. The number of carbonyl (C=O) groups is 1. The topological polar surface area (TPSA) is 77.7 Å². The quantitative estimate of drug-likeness (QED) is 0.918. The van der Waals surface area contributed by atoms with Crippen molar-refractivity contribution in [1.82, 2.24) is 9.88 Å². The highest BCUT2D eigenvalue weighted by atomic mass is 19.1. The molecule has 0 saturated carbocycles. The van der Waals surface area contributed by atoms with Gasteiger partial charge in [-0.3, -0.25) is 9.78 Å². The van der Waals surface area contributed by atoms with E-state index in [1.807, 2.05) is 6.92 Å². The second kappa shape index (κ2) is 7.48. The summed E-state index contributed by atoms with van der Waals surface area (Å²) >= 11 is 0. The number of anilines is 1. The standard InChI is InChI=1S/C18H20FN3O3/c1-12-7-14(20)9-16(21-12)17-10-22(5-6-24-17)18(23)11-25-15-4-2-3-13(19)8-15/h2-4,7-9,17H,5-6,10-11H2,1H3,(H2,20,21)/t17-/m0/s1. The van der Waals surface area contributed by atoms with Crippen LogP contribution in [0.2, 0.25) is 0 Å². The number of hydrogen-bond donors (Lipinski definition) is 1. The van der Waals surface area contributed by atoms with Gasteiger partial charge < -0.3 is 20.1 Å². The third-order valence-electron chi connectivity index (χ3n) is 3.90. The van der Waals surface area contributed by atoms with Gasteiger partial charge in [-0.1, -0.05) is 6.07 Å². The first-order valence-corrected chi connectivity index (χ1v) is 8.03. The number of aromatic nitrogens is 1. The molecule has 0 aliphatic carbocycles. The summed E-state index contributed by atoms with van der Waals surface area (Å²) in [5, 5.41) is 0. The van der Waals surface area contributed by atoms with Crippen LogP contribution < -0.4 is 10.5 Å². The van der Waals surface area contributed by atoms with Crippen molar-refractivity contribution in [2.75, 3.05) is 32.0 Å². The molecule has 1 amide bonds. The molecule has 2 heterocycles. The van der Waals surface area contributed by atoms with E-state index in [-0.39, 0.29) is 18.6 Å². The first-order valence-electron chi connectivity index (χ1n) is 8.03. The summed E-state index contributed by atoms with van der Waals surface area (Å²) in [6.45, 7) is 2.97. The van der Waals surface area contributed by atoms with Crippen molar-refractivity contribution >= 4 is 11.6 Å². The maximum atomic E-state index is 13.1. The highest BCUT2D eigenvalue weighted by Gasteiger charge is 2.26. The Kier molecular flexibility index (Phi) is 5.14. The molecule has 3 rings (SSSR count). The second-order valence-corrected chi connectivity index (χ2v) is 5.91. The molecule has 25 heavy (non-hydrogen) atoms. The smallest absolute Gasteiger partial charge is 0.260 e. The fraction of sp³-hybridized carbons (Fsp3) is 0.333. The Morgan fingerprint density at radius 3 is 3.04 bits per heavy atom. The Morgan fingerprint density at radius 1 is 1.44 bits per heavy atom. The second-order valence-electron chi connectivity index (χ2n) is 5.91. The van der Waals surface area contributed by atoms with Crippen molar-refractivity contribution in [3.8, 4) is 5.75 Å². The molecule has 0 spiro atoms. The van der Waals surface area contributed by atoms with E-state index < -0.39 is 5.82 Å². The van der Waals surface area contributed by atoms with Gasteiger partial charge in [0, 0.05) is 24.0 Å². The summed E-state index contributed by atoms with van der Waals surface area (Å²) < 4.78 is 24.2. The average Bonchev–Trinajstić information content (AvgIpc) is 2.59. The lowest BCUT2D eigenvalue weighted by Gasteiger charge is -2.32. The largest absolute Gasteiger partial charge is 0.484 e. The van der Waals surface area contributed by atoms with Crippen molar-refractivity contribution in [1.29, 1.82) is 0 Å². The minimum absolute atomic E-state index is 0.153. The Morgan fingerprint density at radius 2 is 2.28 bits per heavy atom. The van der Waals surface area contributed by atoms with Crippen LogP contribution in [0.25, 0.3) is 0 Å². The third kappa shape index (κ3) is 4.45. The summed E-state index contributed by atoms with van der Waals surface area (Å²) in [7, 11) is 0. The van der Waals surface area contributed by atoms with Gasteiger partial charge in [-0.05, 0) is 31.2 Å². The molecule has 1 aliphatic heterocycles. The molecule has 1 fully saturated rings. The van der Waals surface area contributed by atoms with Crippen LogP contribution >= 0.6 is 0 Å². The van der Waals surface area contributed by atoms with E-state index in [2.05, 4.69) is 4.98 Å². The molecular formula is C18H20FN3O3. The van der Waals surface area contributed by atoms with E-state index in [1.165, 1.54) is 18.2 Å². The molecule has 132 valence electrons. The Balaban J connectivity index is 1.61. The van der Waals surface area contributed by atoms with Gasteiger partial charge in [-0.15, -0.1) is 0 Å². The summed E-state index contributed by atoms with van der Waals surface area (Å²) in [6.07, 6.45) is -0.325. The van der Waals surface area contributed by atoms with Crippen LogP contribution in [-0.2, 0) is 9.53 Å². The number of halogens is 1. The van der Waals surface area contributed by atoms with Crippen LogP contribution in [0.5, 0.6) is 5.75 Å². The van der Waals surface area contributed by atoms with E-state index in [1.54, 1.807) is 23.1 Å². The maximum absolute atomic E-state index is 13.1. The number of aryl methyl sites for hydroxylation is 1. The average molecular weight is 345 g/mol. The lowest BCUT2D eigenvalue weighted by Crippen LogP contribution is -2.44. The number of benzene rings is 1. The minimum atomic E-state index is -0.403. The Bertz CT molecular complexity index is 749. The van der Waals surface area contributed by atoms with Gasteiger partial charge in [-0.2, -0.15) is 0 Å². The van der Waals surface area contributed by atoms with E-state index in [0.717, 1.165) is 5.69 Å². The van der Waals surface area contributed by atoms with Crippen LogP contribution in [0.1, 0.15) is 17.5 Å². The molecule has 1 aromatic heterocycles. The predicted octanol–water partition coefficient (Wildman–Crippen LogP) is 2.09. The zero-order chi connectivity index (χ0) is 17.8. The molecule has 0 bridgehead atoms. The van der Waals surface area contributed by atoms with Crippen LogP contribution in [0.4, 0.5) is 10.1 Å². The van der Waals surface area contributed by atoms with E-state index in [9.17, 15) is 9.18 Å². The minimum Gasteiger partial charge on any atom is -0.484 e. The SMILES string of the molecule is Cc1cc(N)cc([C@@H]2CN(C(=O)COc3cccc(F)c3)CCO2)n1. The zero-order valence-electron chi connectivity index (χ0n) is 13.9. The molecule has 6 nitrogen and oxygen atoms in total. The van der Waals surface area contributed by atoms with Gasteiger partial charge in [0.1, 0.15) is 17.7 Å². The van der Waals surface area contributed by atoms with Gasteiger partial charge in [0.25, 0.3) is 5.91 Å². The predicted molar refractivity (Wildman–Crippen MR) is 90.6 cm³/mol. The number of hydrogen-bond acceptors (Lipinski definition) is 5. The van der Waals surface area contributed by atoms with Gasteiger partial charge >= 0.3 is 0 Å². The number of nitrogen functional groups attached to an aromatic ring is 1. The monoisotopic (exact) mass is 345 g/mol. The summed E-state index contributed by atoms with van der Waals surface area (Å²) in [5.41, 5.74) is 7.98. The van der Waals surface area contributed by atoms with E-state index in [4.69, 9.17) is 15.2 Å². The van der Waals surface area contributed by atoms with Gasteiger partial charge in [0.05, 0.1) is 18.8 Å². The highest BCUT2D eigenvalue weighted by molar-refractivity contribution is 5.78. The van der Waals surface area contributed by atoms with Crippen LogP contribution in [-0.4, -0.2) is 42.1 Å². The van der Waals surface area contributed by atoms with Crippen LogP contribution in [0.15, 0.2) is 36.4 Å². The first kappa shape index (κ1) is 17.2. The summed E-state index contributed by atoms with van der Waals surface area (Å²) in [6, 6.07) is 9.25. The number of pyridine rings is 1. The highest BCUT2D eigenvalue weighted by Crippen LogP contribution is 2.23. The number of carbonyl (C=O) groups excluding carboxylic acids is 1. The Hall–Kier alpha value is -2.67. The van der Waals surface area contributed by atoms with Crippen molar-refractivity contribution in [3.63, 3.8) is 0 Å². The number of nitrogens with two attached hydrogens (primary N) is 1. The lowest BCUT2D eigenvalue weighted by molar-refractivity contribution is -0.141. The van der Waals surface area contributed by atoms with Crippen molar-refractivity contribution in [2.45, 2.75) is 13.0 Å². The summed E-state index contributed by atoms with van der Waals surface area (Å²) in [4.78, 5) is 18.5. The number of rotatable bonds is 4. The van der Waals surface area contributed by atoms with Crippen molar-refractivity contribution in [3.05, 3.63) is 53.6 Å². The zero-order valence-corrected chi connectivity index (χ0v) is 13.9. The fourth-order valence-electron chi connectivity index (χ4n) is 2.73. The van der Waals surface area contributed by atoms with Crippen LogP contribution in [0, 0.1) is 12.7 Å². The molecule has 1 aromatic carbocycles. The van der Waals surface area contributed by atoms with E-state index >= 15 is 0 Å². The first-order chi connectivity index (χ1) is 12.0. The fourth-order valence-corrected chi connectivity index (χ4v) is 2.73. The molecule has 2 N–H and O–H groups in total. The third-order valence-corrected chi connectivity index (χ3v) is 3.90. The van der Waals surface area contributed by atoms with Crippen molar-refractivity contribution < 1.29 is 18.7 Å². The molecule has 0 unspecified atom stereocenters. The molecule has 1 atom stereocenters. The molecule has 2 aromatic rings.